The topological polar surface area (TPSA) is 15.3 Å². The van der Waals surface area contributed by atoms with Crippen molar-refractivity contribution >= 4 is 0 Å². The van der Waals surface area contributed by atoms with Crippen molar-refractivity contribution in [3.63, 3.8) is 0 Å². The molecule has 1 aliphatic carbocycles. The highest BCUT2D eigenvalue weighted by molar-refractivity contribution is 4.97. The summed E-state index contributed by atoms with van der Waals surface area (Å²) in [5, 5.41) is 3.57. The van der Waals surface area contributed by atoms with Crippen LogP contribution in [0.1, 0.15) is 40.5 Å². The Balaban J connectivity index is 1.64. The number of nitrogens with zero attached hydrogens (tertiary/aromatic N) is 1. The van der Waals surface area contributed by atoms with Gasteiger partial charge in [-0.2, -0.15) is 0 Å². The molecule has 1 saturated heterocycles. The van der Waals surface area contributed by atoms with Gasteiger partial charge in [-0.1, -0.05) is 27.7 Å². The minimum absolute atomic E-state index is 0.636. The maximum absolute atomic E-state index is 3.57. The average Bonchev–Trinajstić information content (AvgIpc) is 2.62. The van der Waals surface area contributed by atoms with Crippen LogP contribution < -0.4 is 5.32 Å². The van der Waals surface area contributed by atoms with Crippen LogP contribution >= 0.6 is 0 Å². The maximum Gasteiger partial charge on any atom is 0.00224 e. The van der Waals surface area contributed by atoms with Gasteiger partial charge in [0.05, 0.1) is 0 Å². The van der Waals surface area contributed by atoms with Gasteiger partial charge in [0, 0.05) is 19.1 Å². The Morgan fingerprint density at radius 3 is 2.62 bits per heavy atom. The van der Waals surface area contributed by atoms with E-state index in [4.69, 9.17) is 0 Å². The van der Waals surface area contributed by atoms with Crippen molar-refractivity contribution in [1.29, 1.82) is 0 Å². The Labute approximate surface area is 101 Å². The fourth-order valence-electron chi connectivity index (χ4n) is 2.85. The summed E-state index contributed by atoms with van der Waals surface area (Å²) in [4.78, 5) is 2.69. The summed E-state index contributed by atoms with van der Waals surface area (Å²) in [6.07, 6.45) is 2.84. The van der Waals surface area contributed by atoms with E-state index in [0.29, 0.717) is 11.5 Å². The molecule has 1 saturated carbocycles. The zero-order valence-corrected chi connectivity index (χ0v) is 11.4. The molecule has 2 rings (SSSR count). The number of nitrogens with one attached hydrogen (secondary N) is 1. The van der Waals surface area contributed by atoms with E-state index < -0.39 is 0 Å². The van der Waals surface area contributed by atoms with E-state index in [1.165, 1.54) is 39.0 Å². The van der Waals surface area contributed by atoms with Gasteiger partial charge in [-0.05, 0) is 43.2 Å². The van der Waals surface area contributed by atoms with Crippen LogP contribution in [-0.2, 0) is 0 Å². The second-order valence-corrected chi connectivity index (χ2v) is 6.87. The van der Waals surface area contributed by atoms with E-state index in [9.17, 15) is 0 Å². The van der Waals surface area contributed by atoms with Crippen LogP contribution in [0.5, 0.6) is 0 Å². The quantitative estimate of drug-likeness (QED) is 0.771. The SMILES string of the molecule is CC(C)NCC1CCN(CC2CC2(C)C)C1. The predicted molar refractivity (Wildman–Crippen MR) is 69.6 cm³/mol. The van der Waals surface area contributed by atoms with Crippen LogP contribution in [0.25, 0.3) is 0 Å². The predicted octanol–water partition coefficient (Wildman–Crippen LogP) is 2.35. The molecule has 16 heavy (non-hydrogen) atoms. The number of likely N-dealkylation sites (tertiary alicyclic amines) is 1. The van der Waals surface area contributed by atoms with Crippen LogP contribution in [0.4, 0.5) is 0 Å². The second-order valence-electron chi connectivity index (χ2n) is 6.87. The van der Waals surface area contributed by atoms with Crippen molar-refractivity contribution in [3.8, 4) is 0 Å². The molecule has 1 heterocycles. The highest BCUT2D eigenvalue weighted by Gasteiger charge is 2.46. The molecule has 2 aliphatic rings. The van der Waals surface area contributed by atoms with Crippen LogP contribution in [0, 0.1) is 17.3 Å². The lowest BCUT2D eigenvalue weighted by Crippen LogP contribution is -2.31. The molecule has 2 heteroatoms. The molecular weight excluding hydrogens is 196 g/mol. The van der Waals surface area contributed by atoms with Crippen molar-refractivity contribution in [2.45, 2.75) is 46.6 Å². The molecule has 0 amide bonds. The highest BCUT2D eigenvalue weighted by Crippen LogP contribution is 2.52. The molecule has 0 aromatic carbocycles. The van der Waals surface area contributed by atoms with Gasteiger partial charge in [0.15, 0.2) is 0 Å². The zero-order valence-electron chi connectivity index (χ0n) is 11.4. The number of hydrogen-bond acceptors (Lipinski definition) is 2. The molecule has 2 unspecified atom stereocenters. The molecule has 0 bridgehead atoms. The Kier molecular flexibility index (Phi) is 3.60. The van der Waals surface area contributed by atoms with Crippen molar-refractivity contribution in [1.82, 2.24) is 10.2 Å². The van der Waals surface area contributed by atoms with Gasteiger partial charge in [0.1, 0.15) is 0 Å². The van der Waals surface area contributed by atoms with E-state index in [-0.39, 0.29) is 0 Å². The lowest BCUT2D eigenvalue weighted by atomic mass is 10.1. The Morgan fingerprint density at radius 1 is 1.38 bits per heavy atom. The maximum atomic E-state index is 3.57. The third-order valence-electron chi connectivity index (χ3n) is 4.38. The van der Waals surface area contributed by atoms with Crippen molar-refractivity contribution in [2.24, 2.45) is 17.3 Å². The van der Waals surface area contributed by atoms with Crippen molar-refractivity contribution in [3.05, 3.63) is 0 Å². The smallest absolute Gasteiger partial charge is 0.00224 e. The molecule has 1 aliphatic heterocycles. The number of hydrogen-bond donors (Lipinski definition) is 1. The first kappa shape index (κ1) is 12.4. The van der Waals surface area contributed by atoms with Crippen LogP contribution in [0.3, 0.4) is 0 Å². The Morgan fingerprint density at radius 2 is 2.06 bits per heavy atom. The zero-order chi connectivity index (χ0) is 11.8. The molecule has 2 atom stereocenters. The first-order chi connectivity index (χ1) is 7.47. The van der Waals surface area contributed by atoms with Crippen LogP contribution in [-0.4, -0.2) is 37.1 Å². The van der Waals surface area contributed by atoms with E-state index in [0.717, 1.165) is 11.8 Å². The monoisotopic (exact) mass is 224 g/mol. The lowest BCUT2D eigenvalue weighted by Gasteiger charge is -2.17. The Hall–Kier alpha value is -0.0800. The van der Waals surface area contributed by atoms with Gasteiger partial charge in [-0.3, -0.25) is 0 Å². The van der Waals surface area contributed by atoms with Gasteiger partial charge in [-0.25, -0.2) is 0 Å². The lowest BCUT2D eigenvalue weighted by molar-refractivity contribution is 0.291. The third kappa shape index (κ3) is 3.21. The first-order valence-electron chi connectivity index (χ1n) is 6.93. The first-order valence-corrected chi connectivity index (χ1v) is 6.93. The summed E-state index contributed by atoms with van der Waals surface area (Å²) in [7, 11) is 0. The fourth-order valence-corrected chi connectivity index (χ4v) is 2.85. The minimum Gasteiger partial charge on any atom is -0.314 e. The van der Waals surface area contributed by atoms with Crippen molar-refractivity contribution in [2.75, 3.05) is 26.2 Å². The van der Waals surface area contributed by atoms with E-state index in [1.807, 2.05) is 0 Å². The van der Waals surface area contributed by atoms with E-state index in [1.54, 1.807) is 0 Å². The second kappa shape index (κ2) is 4.66. The summed E-state index contributed by atoms with van der Waals surface area (Å²) in [5.74, 6) is 1.87. The van der Waals surface area contributed by atoms with Crippen LogP contribution in [0.2, 0.25) is 0 Å². The van der Waals surface area contributed by atoms with Gasteiger partial charge < -0.3 is 10.2 Å². The molecule has 1 N–H and O–H groups in total. The molecule has 0 radical (unpaired) electrons. The van der Waals surface area contributed by atoms with Gasteiger partial charge in [-0.15, -0.1) is 0 Å². The highest BCUT2D eigenvalue weighted by atomic mass is 15.2. The normalized spacial score (nSPS) is 33.6. The number of rotatable bonds is 5. The largest absolute Gasteiger partial charge is 0.314 e. The summed E-state index contributed by atoms with van der Waals surface area (Å²) in [5.41, 5.74) is 0.647. The molecule has 0 aromatic heterocycles. The minimum atomic E-state index is 0.636. The Bertz CT molecular complexity index is 235. The third-order valence-corrected chi connectivity index (χ3v) is 4.38. The molecule has 94 valence electrons. The fraction of sp³-hybridized carbons (Fsp3) is 1.00. The summed E-state index contributed by atoms with van der Waals surface area (Å²) < 4.78 is 0. The summed E-state index contributed by atoms with van der Waals surface area (Å²) >= 11 is 0. The summed E-state index contributed by atoms with van der Waals surface area (Å²) in [6, 6.07) is 0.636. The molecular formula is C14H28N2. The standard InChI is InChI=1S/C14H28N2/c1-11(2)15-8-12-5-6-16(9-12)10-13-7-14(13,3)4/h11-13,15H,5-10H2,1-4H3. The van der Waals surface area contributed by atoms with Gasteiger partial charge in [0.2, 0.25) is 0 Å². The average molecular weight is 224 g/mol. The van der Waals surface area contributed by atoms with Gasteiger partial charge >= 0.3 is 0 Å². The van der Waals surface area contributed by atoms with E-state index >= 15 is 0 Å². The molecule has 2 fully saturated rings. The summed E-state index contributed by atoms with van der Waals surface area (Å²) in [6.45, 7) is 14.5. The molecule has 0 aromatic rings. The van der Waals surface area contributed by atoms with Crippen LogP contribution in [0.15, 0.2) is 0 Å². The molecule has 0 spiro atoms. The van der Waals surface area contributed by atoms with E-state index in [2.05, 4.69) is 37.9 Å². The molecule has 2 nitrogen and oxygen atoms in total. The van der Waals surface area contributed by atoms with Gasteiger partial charge in [0.25, 0.3) is 0 Å². The van der Waals surface area contributed by atoms with Crippen molar-refractivity contribution < 1.29 is 0 Å².